The summed E-state index contributed by atoms with van der Waals surface area (Å²) in [7, 11) is 1.79. The number of fused-ring (bicyclic) bond motifs is 2. The zero-order valence-corrected chi connectivity index (χ0v) is 22.4. The maximum absolute atomic E-state index is 13.7. The minimum Gasteiger partial charge on any atom is -0.355 e. The number of hydrogen-bond acceptors (Lipinski definition) is 5. The summed E-state index contributed by atoms with van der Waals surface area (Å²) >= 11 is 0. The molecule has 3 heterocycles. The molecule has 2 N–H and O–H groups in total. The lowest BCUT2D eigenvalue weighted by Crippen LogP contribution is -2.44. The molecule has 3 aromatic rings. The van der Waals surface area contributed by atoms with Gasteiger partial charge in [-0.05, 0) is 43.9 Å². The number of carbonyl (C=O) groups is 3. The summed E-state index contributed by atoms with van der Waals surface area (Å²) in [6, 6.07) is 20.5. The summed E-state index contributed by atoms with van der Waals surface area (Å²) in [5.41, 5.74) is 2.88. The lowest BCUT2D eigenvalue weighted by atomic mass is 10.1. The smallest absolute Gasteiger partial charge is 0.272 e. The topological polar surface area (TPSA) is 99.6 Å². The lowest BCUT2D eigenvalue weighted by molar-refractivity contribution is -0.122. The molecule has 0 saturated carbocycles. The van der Waals surface area contributed by atoms with Crippen molar-refractivity contribution in [2.24, 2.45) is 7.05 Å². The first-order chi connectivity index (χ1) is 19.0. The standard InChI is InChI=1S/C30H36N6O3/c1-34-27(20-25(33-34)22-11-4-2-5-12-22)30(39)35-16-9-8-15-31-28(37)26-19-24(21-32-26)36(18-10-17-35)29(38)23-13-6-3-7-14-23/h2-7,11-14,20,24,26,32H,8-10,15-19,21H2,1H3,(H,31,37)/t24-,26-/m0/s1. The predicted octanol–water partition coefficient (Wildman–Crippen LogP) is 2.70. The second kappa shape index (κ2) is 12.3. The fourth-order valence-electron chi connectivity index (χ4n) is 5.44. The van der Waals surface area contributed by atoms with E-state index in [1.165, 1.54) is 0 Å². The average molecular weight is 529 g/mol. The van der Waals surface area contributed by atoms with Crippen molar-refractivity contribution in [1.29, 1.82) is 0 Å². The summed E-state index contributed by atoms with van der Waals surface area (Å²) in [5.74, 6) is -0.155. The molecule has 204 valence electrons. The molecular weight excluding hydrogens is 492 g/mol. The molecule has 2 bridgehead atoms. The Morgan fingerprint density at radius 1 is 0.897 bits per heavy atom. The van der Waals surface area contributed by atoms with Crippen LogP contribution in [0, 0.1) is 0 Å². The second-order valence-electron chi connectivity index (χ2n) is 10.3. The fourth-order valence-corrected chi connectivity index (χ4v) is 5.44. The maximum atomic E-state index is 13.7. The zero-order chi connectivity index (χ0) is 27.2. The first kappa shape index (κ1) is 26.6. The molecule has 0 aliphatic carbocycles. The van der Waals surface area contributed by atoms with Gasteiger partial charge in [0.2, 0.25) is 5.91 Å². The highest BCUT2D eigenvalue weighted by atomic mass is 16.2. The third-order valence-corrected chi connectivity index (χ3v) is 7.58. The maximum Gasteiger partial charge on any atom is 0.272 e. The highest BCUT2D eigenvalue weighted by molar-refractivity contribution is 5.95. The van der Waals surface area contributed by atoms with Crippen LogP contribution in [0.2, 0.25) is 0 Å². The molecule has 3 amide bonds. The molecule has 2 aromatic carbocycles. The van der Waals surface area contributed by atoms with Crippen LogP contribution < -0.4 is 10.6 Å². The van der Waals surface area contributed by atoms with E-state index in [0.717, 1.165) is 24.1 Å². The molecule has 0 spiro atoms. The van der Waals surface area contributed by atoms with Gasteiger partial charge in [-0.1, -0.05) is 48.5 Å². The van der Waals surface area contributed by atoms with E-state index in [9.17, 15) is 14.4 Å². The van der Waals surface area contributed by atoms with Crippen LogP contribution in [0.4, 0.5) is 0 Å². The van der Waals surface area contributed by atoms with E-state index in [-0.39, 0.29) is 29.8 Å². The van der Waals surface area contributed by atoms with E-state index in [1.807, 2.05) is 76.5 Å². The molecule has 0 unspecified atom stereocenters. The number of hydrogen-bond donors (Lipinski definition) is 2. The van der Waals surface area contributed by atoms with E-state index >= 15 is 0 Å². The van der Waals surface area contributed by atoms with Gasteiger partial charge in [-0.3, -0.25) is 19.1 Å². The van der Waals surface area contributed by atoms with Gasteiger partial charge in [0, 0.05) is 56.9 Å². The van der Waals surface area contributed by atoms with Crippen molar-refractivity contribution in [2.75, 3.05) is 32.7 Å². The van der Waals surface area contributed by atoms with Crippen LogP contribution in [0.15, 0.2) is 66.7 Å². The Bertz CT molecular complexity index is 1290. The van der Waals surface area contributed by atoms with Crippen molar-refractivity contribution < 1.29 is 14.4 Å². The summed E-state index contributed by atoms with van der Waals surface area (Å²) in [6.07, 6.45) is 2.76. The number of nitrogens with one attached hydrogen (secondary N) is 2. The van der Waals surface area contributed by atoms with Gasteiger partial charge in [-0.15, -0.1) is 0 Å². The highest BCUT2D eigenvalue weighted by Gasteiger charge is 2.35. The quantitative estimate of drug-likeness (QED) is 0.545. The third kappa shape index (κ3) is 6.20. The number of rotatable bonds is 3. The molecule has 1 aromatic heterocycles. The molecule has 2 aliphatic heterocycles. The molecule has 2 atom stereocenters. The van der Waals surface area contributed by atoms with Gasteiger partial charge < -0.3 is 20.4 Å². The van der Waals surface area contributed by atoms with Gasteiger partial charge in [0.05, 0.1) is 11.7 Å². The van der Waals surface area contributed by atoms with Crippen LogP contribution in [0.3, 0.4) is 0 Å². The van der Waals surface area contributed by atoms with Crippen molar-refractivity contribution in [1.82, 2.24) is 30.2 Å². The van der Waals surface area contributed by atoms with Crippen molar-refractivity contribution in [3.05, 3.63) is 78.0 Å². The molecule has 2 saturated heterocycles. The number of carbonyl (C=O) groups excluding carboxylic acids is 3. The van der Waals surface area contributed by atoms with Crippen LogP contribution >= 0.6 is 0 Å². The number of nitrogens with zero attached hydrogens (tertiary/aromatic N) is 4. The number of aromatic nitrogens is 2. The molecule has 5 rings (SSSR count). The van der Waals surface area contributed by atoms with Crippen molar-refractivity contribution in [3.8, 4) is 11.3 Å². The summed E-state index contributed by atoms with van der Waals surface area (Å²) in [4.78, 5) is 43.7. The van der Waals surface area contributed by atoms with E-state index in [4.69, 9.17) is 0 Å². The second-order valence-corrected chi connectivity index (χ2v) is 10.3. The molecule has 9 nitrogen and oxygen atoms in total. The molecular formula is C30H36N6O3. The molecule has 9 heteroatoms. The van der Waals surface area contributed by atoms with Gasteiger partial charge in [-0.25, -0.2) is 0 Å². The van der Waals surface area contributed by atoms with Crippen molar-refractivity contribution in [3.63, 3.8) is 0 Å². The highest BCUT2D eigenvalue weighted by Crippen LogP contribution is 2.21. The Kier molecular flexibility index (Phi) is 8.36. The van der Waals surface area contributed by atoms with E-state index in [0.29, 0.717) is 56.8 Å². The Hall–Kier alpha value is -3.98. The first-order valence-corrected chi connectivity index (χ1v) is 13.8. The Morgan fingerprint density at radius 3 is 2.38 bits per heavy atom. The van der Waals surface area contributed by atoms with Crippen LogP contribution in [0.25, 0.3) is 11.3 Å². The lowest BCUT2D eigenvalue weighted by Gasteiger charge is -2.30. The first-order valence-electron chi connectivity index (χ1n) is 13.8. The Labute approximate surface area is 229 Å². The molecule has 2 aliphatic rings. The monoisotopic (exact) mass is 528 g/mol. The van der Waals surface area contributed by atoms with Gasteiger partial charge in [-0.2, -0.15) is 5.10 Å². The fraction of sp³-hybridized carbons (Fsp3) is 0.400. The Morgan fingerprint density at radius 2 is 1.62 bits per heavy atom. The van der Waals surface area contributed by atoms with Crippen LogP contribution in [0.5, 0.6) is 0 Å². The largest absolute Gasteiger partial charge is 0.355 e. The Balaban J connectivity index is 1.35. The normalized spacial score (nSPS) is 20.8. The van der Waals surface area contributed by atoms with Crippen molar-refractivity contribution >= 4 is 17.7 Å². The zero-order valence-electron chi connectivity index (χ0n) is 22.4. The number of benzene rings is 2. The third-order valence-electron chi connectivity index (χ3n) is 7.58. The molecule has 39 heavy (non-hydrogen) atoms. The van der Waals surface area contributed by atoms with Gasteiger partial charge in [0.15, 0.2) is 0 Å². The van der Waals surface area contributed by atoms with Gasteiger partial charge >= 0.3 is 0 Å². The van der Waals surface area contributed by atoms with E-state index < -0.39 is 0 Å². The summed E-state index contributed by atoms with van der Waals surface area (Å²) in [6.45, 7) is 2.72. The summed E-state index contributed by atoms with van der Waals surface area (Å²) < 4.78 is 1.64. The average Bonchev–Trinajstić information content (AvgIpc) is 3.61. The van der Waals surface area contributed by atoms with E-state index in [2.05, 4.69) is 15.7 Å². The van der Waals surface area contributed by atoms with E-state index in [1.54, 1.807) is 11.7 Å². The number of amides is 3. The minimum absolute atomic E-state index is 0.0297. The van der Waals surface area contributed by atoms with Crippen molar-refractivity contribution in [2.45, 2.75) is 37.8 Å². The molecule has 2 fully saturated rings. The van der Waals surface area contributed by atoms with Crippen LogP contribution in [-0.4, -0.2) is 82.1 Å². The minimum atomic E-state index is -0.300. The van der Waals surface area contributed by atoms with Crippen LogP contribution in [0.1, 0.15) is 46.5 Å². The van der Waals surface area contributed by atoms with Gasteiger partial charge in [0.1, 0.15) is 5.69 Å². The summed E-state index contributed by atoms with van der Waals surface area (Å²) in [5, 5.41) is 10.9. The predicted molar refractivity (Wildman–Crippen MR) is 149 cm³/mol. The molecule has 0 radical (unpaired) electrons. The van der Waals surface area contributed by atoms with Gasteiger partial charge in [0.25, 0.3) is 11.8 Å². The van der Waals surface area contributed by atoms with Crippen LogP contribution in [-0.2, 0) is 11.8 Å². The number of aryl methyl sites for hydroxylation is 1. The SMILES string of the molecule is Cn1nc(-c2ccccc2)cc1C(=O)N1CCCCNC(=O)[C@@H]2C[C@@H](CN2)N(C(=O)c2ccccc2)CCC1.